The number of carbonyl (C=O) groups is 4. The fourth-order valence-electron chi connectivity index (χ4n) is 4.73. The number of carboxylic acids is 1. The predicted molar refractivity (Wildman–Crippen MR) is 188 cm³/mol. The zero-order valence-electron chi connectivity index (χ0n) is 31.1. The molecule has 0 spiro atoms. The highest BCUT2D eigenvalue weighted by Gasteiger charge is 2.39. The molecule has 0 aliphatic rings. The highest BCUT2D eigenvalue weighted by molar-refractivity contribution is 5.89. The Morgan fingerprint density at radius 3 is 1.31 bits per heavy atom. The molecular weight excluding hydrogens is 852 g/mol. The summed E-state index contributed by atoms with van der Waals surface area (Å²) in [5, 5.41) is 13.9. The summed E-state index contributed by atoms with van der Waals surface area (Å²) in [6.45, 7) is -0.960. The van der Waals surface area contributed by atoms with Gasteiger partial charge in [-0.2, -0.15) is 52.7 Å². The van der Waals surface area contributed by atoms with Crippen LogP contribution in [0.5, 0.6) is 11.5 Å². The number of hydrogen-bond acceptors (Lipinski definition) is 7. The van der Waals surface area contributed by atoms with E-state index in [9.17, 15) is 71.9 Å². The molecule has 2 amide bonds. The Bertz CT molecular complexity index is 1960. The van der Waals surface area contributed by atoms with Crippen LogP contribution < -0.4 is 20.1 Å². The summed E-state index contributed by atoms with van der Waals surface area (Å²) >= 11 is 0. The quantitative estimate of drug-likeness (QED) is 0.107. The summed E-state index contributed by atoms with van der Waals surface area (Å²) in [4.78, 5) is 47.3. The van der Waals surface area contributed by atoms with Gasteiger partial charge in [-0.15, -0.1) is 0 Å². The Hall–Kier alpha value is -6.48. The van der Waals surface area contributed by atoms with Gasteiger partial charge in [0, 0.05) is 6.42 Å². The molecule has 0 unspecified atom stereocenters. The number of carboxylic acid groups (broad SMARTS) is 1. The Labute approximate surface area is 337 Å². The first-order chi connectivity index (χ1) is 28.2. The topological polar surface area (TPSA) is 140 Å². The first-order valence-corrected chi connectivity index (χ1v) is 17.1. The normalized spacial score (nSPS) is 12.8. The summed E-state index contributed by atoms with van der Waals surface area (Å²) in [7, 11) is 0. The van der Waals surface area contributed by atoms with Gasteiger partial charge in [0.25, 0.3) is 0 Å². The van der Waals surface area contributed by atoms with Gasteiger partial charge in [0.05, 0.1) is 22.3 Å². The molecule has 0 radical (unpaired) electrons. The van der Waals surface area contributed by atoms with E-state index >= 15 is 0 Å². The number of ether oxygens (including phenoxy) is 3. The highest BCUT2D eigenvalue weighted by atomic mass is 19.4. The number of aliphatic carboxylic acids is 1. The van der Waals surface area contributed by atoms with Crippen molar-refractivity contribution in [3.05, 3.63) is 130 Å². The minimum absolute atomic E-state index is 0.0673. The van der Waals surface area contributed by atoms with Crippen molar-refractivity contribution < 1.29 is 91.2 Å². The van der Waals surface area contributed by atoms with Gasteiger partial charge in [-0.25, -0.2) is 4.79 Å². The third-order valence-corrected chi connectivity index (χ3v) is 7.76. The lowest BCUT2D eigenvalue weighted by Gasteiger charge is -2.20. The van der Waals surface area contributed by atoms with Gasteiger partial charge in [0.1, 0.15) is 43.4 Å². The zero-order chi connectivity index (χ0) is 45.8. The van der Waals surface area contributed by atoms with Crippen LogP contribution in [0.3, 0.4) is 0 Å². The second-order valence-electron chi connectivity index (χ2n) is 12.6. The van der Waals surface area contributed by atoms with Crippen molar-refractivity contribution in [1.82, 2.24) is 10.6 Å². The monoisotopic (exact) mass is 884 g/mol. The molecule has 0 aliphatic carbocycles. The molecule has 61 heavy (non-hydrogen) atoms. The second kappa shape index (κ2) is 20.7. The van der Waals surface area contributed by atoms with Crippen LogP contribution in [-0.4, -0.2) is 54.2 Å². The summed E-state index contributed by atoms with van der Waals surface area (Å²) in [6, 6.07) is 16.5. The number of alkyl carbamates (subject to hydrolysis) is 1. The van der Waals surface area contributed by atoms with Crippen molar-refractivity contribution in [3.63, 3.8) is 0 Å². The maximum atomic E-state index is 12.8. The molecular formula is C39H32F12N2O8. The van der Waals surface area contributed by atoms with E-state index in [1.807, 2.05) is 60.7 Å². The number of amides is 2. The van der Waals surface area contributed by atoms with Crippen LogP contribution in [0.1, 0.15) is 40.3 Å². The molecule has 22 heteroatoms. The first-order valence-electron chi connectivity index (χ1n) is 17.1. The molecule has 0 saturated carbocycles. The van der Waals surface area contributed by atoms with E-state index in [-0.39, 0.29) is 49.4 Å². The lowest BCUT2D eigenvalue weighted by atomic mass is 10.1. The van der Waals surface area contributed by atoms with E-state index in [0.29, 0.717) is 0 Å². The Morgan fingerprint density at radius 1 is 0.574 bits per heavy atom. The van der Waals surface area contributed by atoms with Gasteiger partial charge in [-0.1, -0.05) is 60.7 Å². The van der Waals surface area contributed by atoms with Gasteiger partial charge >= 0.3 is 36.8 Å². The maximum absolute atomic E-state index is 12.8. The molecule has 3 N–H and O–H groups in total. The Kier molecular flexibility index (Phi) is 16.6. The standard InChI is InChI=1S/C20H22N2O5.C19H10F12O3/c1-14(19(24)25)21-18(23)17(12-15-8-4-2-5-9-15)22-20(26)27-13-16-10-6-3-7-11-16;20-16(21,22)9-1-10(17(23,24)25)4-14(3-9)33-7-13(32)8-34-15-5-11(18(26,27)28)2-12(6-15)19(29,30)31/h2-11,14,17H,12-13H2,1H3,(H,21,23)(H,22,26)(H,24,25);1-6H,7-8H2/t14-,17-;/m0./s1. The zero-order valence-corrected chi connectivity index (χ0v) is 31.1. The third-order valence-electron chi connectivity index (χ3n) is 7.76. The van der Waals surface area contributed by atoms with Crippen molar-refractivity contribution in [2.45, 2.75) is 56.7 Å². The molecule has 0 aromatic heterocycles. The molecule has 10 nitrogen and oxygen atoms in total. The van der Waals surface area contributed by atoms with Crippen LogP contribution in [0.25, 0.3) is 0 Å². The minimum Gasteiger partial charge on any atom is -0.486 e. The fraction of sp³-hybridized carbons (Fsp3) is 0.282. The van der Waals surface area contributed by atoms with Gasteiger partial charge in [-0.05, 0) is 54.4 Å². The first kappa shape index (κ1) is 48.9. The second-order valence-corrected chi connectivity index (χ2v) is 12.6. The van der Waals surface area contributed by atoms with Crippen LogP contribution in [0, 0.1) is 0 Å². The molecule has 4 rings (SSSR count). The summed E-state index contributed by atoms with van der Waals surface area (Å²) < 4.78 is 168. The SMILES string of the molecule is C[C@H](NC(=O)[C@H](Cc1ccccc1)NC(=O)OCc1ccccc1)C(=O)O.O=C(COc1cc(C(F)(F)F)cc(C(F)(F)F)c1)COc1cc(C(F)(F)F)cc(C(F)(F)F)c1. The van der Waals surface area contributed by atoms with E-state index in [1.54, 1.807) is 0 Å². The van der Waals surface area contributed by atoms with E-state index in [2.05, 4.69) is 20.1 Å². The van der Waals surface area contributed by atoms with Crippen molar-refractivity contribution in [3.8, 4) is 11.5 Å². The molecule has 0 saturated heterocycles. The van der Waals surface area contributed by atoms with E-state index in [0.717, 1.165) is 11.1 Å². The van der Waals surface area contributed by atoms with Crippen LogP contribution in [0.15, 0.2) is 97.1 Å². The van der Waals surface area contributed by atoms with Crippen molar-refractivity contribution in [2.24, 2.45) is 0 Å². The molecule has 0 aliphatic heterocycles. The summed E-state index contributed by atoms with van der Waals surface area (Å²) in [5.74, 6) is -4.97. The molecule has 2 atom stereocenters. The number of carbonyl (C=O) groups excluding carboxylic acids is 3. The number of ketones is 1. The van der Waals surface area contributed by atoms with Crippen LogP contribution in [-0.2, 0) is 56.9 Å². The number of nitrogens with one attached hydrogen (secondary N) is 2. The van der Waals surface area contributed by atoms with Gasteiger partial charge in [-0.3, -0.25) is 14.4 Å². The minimum atomic E-state index is -5.19. The molecule has 0 heterocycles. The summed E-state index contributed by atoms with van der Waals surface area (Å²) in [5.41, 5.74) is -5.29. The van der Waals surface area contributed by atoms with Gasteiger partial charge in [0.15, 0.2) is 0 Å². The van der Waals surface area contributed by atoms with Gasteiger partial charge < -0.3 is 30.0 Å². The Morgan fingerprint density at radius 2 is 0.951 bits per heavy atom. The average molecular weight is 885 g/mol. The van der Waals surface area contributed by atoms with E-state index in [1.165, 1.54) is 6.92 Å². The smallest absolute Gasteiger partial charge is 0.416 e. The van der Waals surface area contributed by atoms with Crippen molar-refractivity contribution in [1.29, 1.82) is 0 Å². The molecule has 330 valence electrons. The van der Waals surface area contributed by atoms with Gasteiger partial charge in [0.2, 0.25) is 11.7 Å². The molecule has 4 aromatic carbocycles. The predicted octanol–water partition coefficient (Wildman–Crippen LogP) is 8.90. The number of Topliss-reactive ketones (excluding diaryl/α,β-unsaturated/α-hetero) is 1. The summed E-state index contributed by atoms with van der Waals surface area (Å²) in [6.07, 6.45) is -21.3. The average Bonchev–Trinajstić information content (AvgIpc) is 3.17. The van der Waals surface area contributed by atoms with E-state index < -0.39 is 108 Å². The number of alkyl halides is 12. The highest BCUT2D eigenvalue weighted by Crippen LogP contribution is 2.39. The number of hydrogen-bond donors (Lipinski definition) is 3. The fourth-order valence-corrected chi connectivity index (χ4v) is 4.73. The van der Waals surface area contributed by atoms with Crippen molar-refractivity contribution >= 4 is 23.8 Å². The number of halogens is 12. The van der Waals surface area contributed by atoms with Crippen LogP contribution >= 0.6 is 0 Å². The molecule has 0 bridgehead atoms. The van der Waals surface area contributed by atoms with Crippen LogP contribution in [0.2, 0.25) is 0 Å². The van der Waals surface area contributed by atoms with Crippen LogP contribution in [0.4, 0.5) is 57.5 Å². The van der Waals surface area contributed by atoms with Crippen molar-refractivity contribution in [2.75, 3.05) is 13.2 Å². The third kappa shape index (κ3) is 16.6. The van der Waals surface area contributed by atoms with E-state index in [4.69, 9.17) is 9.84 Å². The largest absolute Gasteiger partial charge is 0.486 e. The molecule has 0 fully saturated rings. The lowest BCUT2D eigenvalue weighted by Crippen LogP contribution is -2.51. The maximum Gasteiger partial charge on any atom is 0.416 e. The number of rotatable bonds is 14. The molecule has 4 aromatic rings. The lowest BCUT2D eigenvalue weighted by molar-refractivity contribution is -0.144. The Balaban J connectivity index is 0.000000334. The number of benzene rings is 4.